The molecule has 0 aliphatic heterocycles. The van der Waals surface area contributed by atoms with Crippen LogP contribution in [-0.2, 0) is 6.42 Å². The number of halogens is 2. The Labute approximate surface area is 119 Å². The molecule has 2 aromatic carbocycles. The monoisotopic (exact) mass is 278 g/mol. The van der Waals surface area contributed by atoms with Crippen molar-refractivity contribution in [3.05, 3.63) is 69.7 Å². The molecule has 2 rings (SSSR count). The van der Waals surface area contributed by atoms with Crippen LogP contribution in [0.4, 0.5) is 0 Å². The van der Waals surface area contributed by atoms with E-state index in [0.29, 0.717) is 0 Å². The first-order valence-corrected chi connectivity index (χ1v) is 6.84. The first-order chi connectivity index (χ1) is 8.59. The minimum absolute atomic E-state index is 0.0360. The lowest BCUT2D eigenvalue weighted by Gasteiger charge is -2.16. The molecule has 0 saturated carbocycles. The second-order valence-electron chi connectivity index (χ2n) is 4.57. The summed E-state index contributed by atoms with van der Waals surface area (Å²) >= 11 is 12.7. The van der Waals surface area contributed by atoms with Gasteiger partial charge in [0.15, 0.2) is 0 Å². The molecule has 0 amide bonds. The first-order valence-electron chi connectivity index (χ1n) is 6.03. The number of rotatable bonds is 3. The zero-order valence-corrected chi connectivity index (χ0v) is 12.1. The van der Waals surface area contributed by atoms with E-state index < -0.39 is 0 Å². The van der Waals surface area contributed by atoms with Gasteiger partial charge >= 0.3 is 0 Å². The fraction of sp³-hybridized carbons (Fsp3) is 0.250. The highest BCUT2D eigenvalue weighted by atomic mass is 35.5. The highest BCUT2D eigenvalue weighted by molar-refractivity contribution is 6.31. The normalized spacial score (nSPS) is 12.4. The van der Waals surface area contributed by atoms with Crippen molar-refractivity contribution in [2.24, 2.45) is 0 Å². The van der Waals surface area contributed by atoms with E-state index in [-0.39, 0.29) is 5.38 Å². The average Bonchev–Trinajstić information content (AvgIpc) is 2.32. The van der Waals surface area contributed by atoms with Crippen LogP contribution in [0.1, 0.15) is 27.6 Å². The predicted octanol–water partition coefficient (Wildman–Crippen LogP) is 5.48. The van der Waals surface area contributed by atoms with Crippen molar-refractivity contribution in [1.82, 2.24) is 0 Å². The summed E-state index contributed by atoms with van der Waals surface area (Å²) in [5.74, 6) is 0. The van der Waals surface area contributed by atoms with Crippen LogP contribution in [0.25, 0.3) is 0 Å². The van der Waals surface area contributed by atoms with Crippen LogP contribution >= 0.6 is 23.2 Å². The lowest BCUT2D eigenvalue weighted by atomic mass is 9.96. The quantitative estimate of drug-likeness (QED) is 0.653. The Morgan fingerprint density at radius 3 is 2.17 bits per heavy atom. The van der Waals surface area contributed by atoms with Gasteiger partial charge in [-0.1, -0.05) is 48.0 Å². The Kier molecular flexibility index (Phi) is 4.31. The van der Waals surface area contributed by atoms with Gasteiger partial charge in [0.05, 0.1) is 5.38 Å². The summed E-state index contributed by atoms with van der Waals surface area (Å²) in [7, 11) is 0. The van der Waals surface area contributed by atoms with Gasteiger partial charge in [0.2, 0.25) is 0 Å². The fourth-order valence-electron chi connectivity index (χ4n) is 2.28. The van der Waals surface area contributed by atoms with E-state index in [1.165, 1.54) is 16.7 Å². The highest BCUT2D eigenvalue weighted by Crippen LogP contribution is 2.32. The molecule has 2 aromatic rings. The van der Waals surface area contributed by atoms with Gasteiger partial charge in [0.1, 0.15) is 0 Å². The SMILES string of the molecule is Cc1cccc(C)c1C(Cl)Cc1ccccc1Cl. The Morgan fingerprint density at radius 2 is 1.56 bits per heavy atom. The van der Waals surface area contributed by atoms with Gasteiger partial charge in [-0.3, -0.25) is 0 Å². The van der Waals surface area contributed by atoms with Gasteiger partial charge in [-0.2, -0.15) is 0 Å². The molecule has 0 radical (unpaired) electrons. The van der Waals surface area contributed by atoms with Crippen LogP contribution in [0.3, 0.4) is 0 Å². The fourth-order valence-corrected chi connectivity index (χ4v) is 3.00. The molecule has 0 spiro atoms. The molecule has 0 aliphatic rings. The van der Waals surface area contributed by atoms with Crippen molar-refractivity contribution >= 4 is 23.2 Å². The number of hydrogen-bond donors (Lipinski definition) is 0. The summed E-state index contributed by atoms with van der Waals surface area (Å²) in [5, 5.41) is 0.750. The van der Waals surface area contributed by atoms with E-state index in [0.717, 1.165) is 17.0 Å². The van der Waals surface area contributed by atoms with E-state index in [4.69, 9.17) is 23.2 Å². The maximum Gasteiger partial charge on any atom is 0.0631 e. The maximum absolute atomic E-state index is 6.56. The Balaban J connectivity index is 2.28. The standard InChI is InChI=1S/C16H16Cl2/c1-11-6-5-7-12(2)16(11)15(18)10-13-8-3-4-9-14(13)17/h3-9,15H,10H2,1-2H3. The van der Waals surface area contributed by atoms with E-state index in [1.54, 1.807) is 0 Å². The van der Waals surface area contributed by atoms with Crippen LogP contribution in [0.5, 0.6) is 0 Å². The molecule has 0 fully saturated rings. The van der Waals surface area contributed by atoms with E-state index in [2.05, 4.69) is 32.0 Å². The Morgan fingerprint density at radius 1 is 0.944 bits per heavy atom. The van der Waals surface area contributed by atoms with Crippen LogP contribution in [0.2, 0.25) is 5.02 Å². The number of hydrogen-bond acceptors (Lipinski definition) is 0. The smallest absolute Gasteiger partial charge is 0.0631 e. The summed E-state index contributed by atoms with van der Waals surface area (Å²) in [6.07, 6.45) is 0.757. The molecule has 0 aromatic heterocycles. The second kappa shape index (κ2) is 5.77. The van der Waals surface area contributed by atoms with E-state index in [1.807, 2.05) is 24.3 Å². The van der Waals surface area contributed by atoms with Crippen molar-refractivity contribution in [3.8, 4) is 0 Å². The highest BCUT2D eigenvalue weighted by Gasteiger charge is 2.15. The van der Waals surface area contributed by atoms with Crippen molar-refractivity contribution in [1.29, 1.82) is 0 Å². The van der Waals surface area contributed by atoms with Gasteiger partial charge in [0.25, 0.3) is 0 Å². The summed E-state index contributed by atoms with van der Waals surface area (Å²) in [6, 6.07) is 14.1. The van der Waals surface area contributed by atoms with Crippen LogP contribution in [0.15, 0.2) is 42.5 Å². The van der Waals surface area contributed by atoms with Crippen LogP contribution < -0.4 is 0 Å². The number of benzene rings is 2. The minimum Gasteiger partial charge on any atom is -0.117 e. The van der Waals surface area contributed by atoms with Crippen molar-refractivity contribution < 1.29 is 0 Å². The molecule has 94 valence electrons. The molecule has 0 saturated heterocycles. The van der Waals surface area contributed by atoms with Gasteiger partial charge in [-0.05, 0) is 48.6 Å². The molecule has 1 atom stereocenters. The van der Waals surface area contributed by atoms with Crippen molar-refractivity contribution in [2.75, 3.05) is 0 Å². The largest absolute Gasteiger partial charge is 0.117 e. The third-order valence-electron chi connectivity index (χ3n) is 3.21. The third kappa shape index (κ3) is 2.88. The third-order valence-corrected chi connectivity index (χ3v) is 3.95. The van der Waals surface area contributed by atoms with Crippen molar-refractivity contribution in [2.45, 2.75) is 25.6 Å². The minimum atomic E-state index is -0.0360. The second-order valence-corrected chi connectivity index (χ2v) is 5.50. The number of aryl methyl sites for hydroxylation is 2. The zero-order valence-electron chi connectivity index (χ0n) is 10.6. The van der Waals surface area contributed by atoms with Crippen LogP contribution in [0, 0.1) is 13.8 Å². The van der Waals surface area contributed by atoms with Gasteiger partial charge in [0, 0.05) is 5.02 Å². The molecule has 0 heterocycles. The molecule has 0 nitrogen and oxygen atoms in total. The topological polar surface area (TPSA) is 0 Å². The molecule has 2 heteroatoms. The summed E-state index contributed by atoms with van der Waals surface area (Å²) in [4.78, 5) is 0. The van der Waals surface area contributed by atoms with Gasteiger partial charge in [-0.25, -0.2) is 0 Å². The molecule has 1 unspecified atom stereocenters. The Hall–Kier alpha value is -0.980. The van der Waals surface area contributed by atoms with Gasteiger partial charge in [-0.15, -0.1) is 11.6 Å². The van der Waals surface area contributed by atoms with Crippen molar-refractivity contribution in [3.63, 3.8) is 0 Å². The lowest BCUT2D eigenvalue weighted by Crippen LogP contribution is -2.01. The first kappa shape index (κ1) is 13.5. The van der Waals surface area contributed by atoms with Gasteiger partial charge < -0.3 is 0 Å². The molecular formula is C16H16Cl2. The molecular weight excluding hydrogens is 263 g/mol. The molecule has 0 N–H and O–H groups in total. The summed E-state index contributed by atoms with van der Waals surface area (Å²) in [5.41, 5.74) is 4.80. The predicted molar refractivity (Wildman–Crippen MR) is 79.7 cm³/mol. The molecule has 18 heavy (non-hydrogen) atoms. The lowest BCUT2D eigenvalue weighted by molar-refractivity contribution is 0.900. The maximum atomic E-state index is 6.56. The van der Waals surface area contributed by atoms with E-state index in [9.17, 15) is 0 Å². The average molecular weight is 279 g/mol. The Bertz CT molecular complexity index is 526. The number of alkyl halides is 1. The summed E-state index contributed by atoms with van der Waals surface area (Å²) < 4.78 is 0. The molecule has 0 bridgehead atoms. The zero-order chi connectivity index (χ0) is 13.1. The van der Waals surface area contributed by atoms with E-state index >= 15 is 0 Å². The van der Waals surface area contributed by atoms with Crippen LogP contribution in [-0.4, -0.2) is 0 Å². The molecule has 0 aliphatic carbocycles. The summed E-state index contributed by atoms with van der Waals surface area (Å²) in [6.45, 7) is 4.20.